The summed E-state index contributed by atoms with van der Waals surface area (Å²) in [5.41, 5.74) is 0.864. The third-order valence-corrected chi connectivity index (χ3v) is 3.97. The number of rotatable bonds is 2. The molecule has 0 unspecified atom stereocenters. The Morgan fingerprint density at radius 3 is 2.64 bits per heavy atom. The van der Waals surface area contributed by atoms with Crippen LogP contribution in [0.2, 0.25) is 10.0 Å². The first-order valence-corrected chi connectivity index (χ1v) is 7.62. The molecule has 4 rings (SSSR count). The summed E-state index contributed by atoms with van der Waals surface area (Å²) in [6, 6.07) is 7.06. The Balaban J connectivity index is 1.63. The van der Waals surface area contributed by atoms with Gasteiger partial charge in [0.1, 0.15) is 0 Å². The molecule has 3 aromatic rings. The van der Waals surface area contributed by atoms with Gasteiger partial charge >= 0.3 is 6.29 Å². The van der Waals surface area contributed by atoms with Gasteiger partial charge in [0.2, 0.25) is 5.95 Å². The quantitative estimate of drug-likeness (QED) is 0.683. The molecule has 0 radical (unpaired) electrons. The van der Waals surface area contributed by atoms with Crippen molar-refractivity contribution in [2.24, 2.45) is 0 Å². The number of fused-ring (bicyclic) bond motifs is 2. The molecule has 2 heterocycles. The van der Waals surface area contributed by atoms with Gasteiger partial charge in [-0.25, -0.2) is 4.98 Å². The summed E-state index contributed by atoms with van der Waals surface area (Å²) in [4.78, 5) is 19.2. The Kier molecular flexibility index (Phi) is 3.48. The standard InChI is InChI=1S/C15H7Cl2F2N3O3/c16-6-1-2-8(17)7(3-6)13(23)22-14-20-9-4-11-12(5-10(9)21-14)25-15(18,19)24-11/h1-5H,(H2,20,21,22,23). The number of nitrogens with zero attached hydrogens (tertiary/aromatic N) is 1. The topological polar surface area (TPSA) is 76.2 Å². The number of anilines is 1. The normalized spacial score (nSPS) is 14.7. The lowest BCUT2D eigenvalue weighted by Gasteiger charge is -2.04. The smallest absolute Gasteiger partial charge is 0.395 e. The van der Waals surface area contributed by atoms with Gasteiger partial charge in [-0.3, -0.25) is 10.1 Å². The van der Waals surface area contributed by atoms with Crippen molar-refractivity contribution >= 4 is 46.1 Å². The molecular weight excluding hydrogens is 379 g/mol. The molecule has 1 aromatic heterocycles. The molecule has 1 aliphatic heterocycles. The molecule has 0 aliphatic carbocycles. The molecule has 1 aliphatic rings. The van der Waals surface area contributed by atoms with E-state index in [1.165, 1.54) is 24.3 Å². The first-order chi connectivity index (χ1) is 11.8. The molecule has 2 aromatic carbocycles. The van der Waals surface area contributed by atoms with Crippen LogP contribution in [0.3, 0.4) is 0 Å². The lowest BCUT2D eigenvalue weighted by atomic mass is 10.2. The maximum atomic E-state index is 13.0. The van der Waals surface area contributed by atoms with Crippen LogP contribution < -0.4 is 14.8 Å². The zero-order valence-corrected chi connectivity index (χ0v) is 13.6. The first-order valence-electron chi connectivity index (χ1n) is 6.87. The fourth-order valence-electron chi connectivity index (χ4n) is 2.36. The monoisotopic (exact) mass is 385 g/mol. The van der Waals surface area contributed by atoms with Gasteiger partial charge in [0.15, 0.2) is 11.5 Å². The van der Waals surface area contributed by atoms with Gasteiger partial charge in [0.25, 0.3) is 5.91 Å². The molecule has 0 atom stereocenters. The number of aromatic nitrogens is 2. The van der Waals surface area contributed by atoms with Crippen LogP contribution in [0.25, 0.3) is 11.0 Å². The summed E-state index contributed by atoms with van der Waals surface area (Å²) in [7, 11) is 0. The van der Waals surface area contributed by atoms with Gasteiger partial charge in [-0.05, 0) is 18.2 Å². The van der Waals surface area contributed by atoms with Gasteiger partial charge in [-0.15, -0.1) is 8.78 Å². The van der Waals surface area contributed by atoms with Gasteiger partial charge in [0.05, 0.1) is 21.6 Å². The average Bonchev–Trinajstić information content (AvgIpc) is 3.03. The molecule has 10 heteroatoms. The van der Waals surface area contributed by atoms with Crippen molar-refractivity contribution < 1.29 is 23.0 Å². The lowest BCUT2D eigenvalue weighted by molar-refractivity contribution is -0.286. The van der Waals surface area contributed by atoms with Crippen molar-refractivity contribution in [3.8, 4) is 11.5 Å². The molecule has 0 saturated heterocycles. The Labute approximate surface area is 148 Å². The predicted molar refractivity (Wildman–Crippen MR) is 86.7 cm³/mol. The van der Waals surface area contributed by atoms with Gasteiger partial charge in [-0.2, -0.15) is 0 Å². The van der Waals surface area contributed by atoms with Crippen LogP contribution >= 0.6 is 23.2 Å². The number of amides is 1. The highest BCUT2D eigenvalue weighted by molar-refractivity contribution is 6.36. The van der Waals surface area contributed by atoms with Gasteiger partial charge in [-0.1, -0.05) is 23.2 Å². The summed E-state index contributed by atoms with van der Waals surface area (Å²) in [5.74, 6) is -0.693. The van der Waals surface area contributed by atoms with Crippen LogP contribution in [0.4, 0.5) is 14.7 Å². The minimum absolute atomic E-state index is 0.103. The summed E-state index contributed by atoms with van der Waals surface area (Å²) in [6.45, 7) is 0. The summed E-state index contributed by atoms with van der Waals surface area (Å²) in [5, 5.41) is 3.10. The third kappa shape index (κ3) is 2.94. The number of alkyl halides is 2. The number of carbonyl (C=O) groups is 1. The van der Waals surface area contributed by atoms with Crippen LogP contribution in [-0.4, -0.2) is 22.2 Å². The second-order valence-corrected chi connectivity index (χ2v) is 5.99. The number of carbonyl (C=O) groups excluding carboxylic acids is 1. The molecule has 128 valence electrons. The highest BCUT2D eigenvalue weighted by Crippen LogP contribution is 2.42. The number of nitrogens with one attached hydrogen (secondary N) is 2. The van der Waals surface area contributed by atoms with Crippen LogP contribution in [0.1, 0.15) is 10.4 Å². The van der Waals surface area contributed by atoms with Crippen LogP contribution in [0.15, 0.2) is 30.3 Å². The fourth-order valence-corrected chi connectivity index (χ4v) is 2.74. The molecule has 0 saturated carbocycles. The SMILES string of the molecule is O=C(Nc1nc2cc3c(cc2[nH]1)OC(F)(F)O3)c1cc(Cl)ccc1Cl. The van der Waals surface area contributed by atoms with Crippen LogP contribution in [-0.2, 0) is 0 Å². The van der Waals surface area contributed by atoms with E-state index in [-0.39, 0.29) is 28.0 Å². The van der Waals surface area contributed by atoms with Crippen molar-refractivity contribution in [3.05, 3.63) is 45.9 Å². The molecule has 2 N–H and O–H groups in total. The summed E-state index contributed by atoms with van der Waals surface area (Å²) in [6.07, 6.45) is -3.71. The Bertz CT molecular complexity index is 978. The zero-order chi connectivity index (χ0) is 17.8. The Morgan fingerprint density at radius 1 is 1.16 bits per heavy atom. The molecule has 0 bridgehead atoms. The third-order valence-electron chi connectivity index (χ3n) is 3.41. The van der Waals surface area contributed by atoms with Crippen molar-refractivity contribution in [1.29, 1.82) is 0 Å². The number of H-pyrrole nitrogens is 1. The predicted octanol–water partition coefficient (Wildman–Crippen LogP) is 4.44. The number of halogens is 4. The molecule has 0 fully saturated rings. The van der Waals surface area contributed by atoms with Crippen LogP contribution in [0.5, 0.6) is 11.5 Å². The Hall–Kier alpha value is -2.58. The van der Waals surface area contributed by atoms with E-state index in [1.54, 1.807) is 6.07 Å². The molecular formula is C15H7Cl2F2N3O3. The van der Waals surface area contributed by atoms with Crippen molar-refractivity contribution in [2.75, 3.05) is 5.32 Å². The highest BCUT2D eigenvalue weighted by Gasteiger charge is 2.43. The number of ether oxygens (including phenoxy) is 2. The van der Waals surface area contributed by atoms with E-state index in [0.717, 1.165) is 0 Å². The van der Waals surface area contributed by atoms with Crippen molar-refractivity contribution in [2.45, 2.75) is 6.29 Å². The number of hydrogen-bond acceptors (Lipinski definition) is 4. The number of aromatic amines is 1. The van der Waals surface area contributed by atoms with E-state index in [0.29, 0.717) is 16.1 Å². The molecule has 0 spiro atoms. The summed E-state index contributed by atoms with van der Waals surface area (Å²) >= 11 is 11.8. The van der Waals surface area contributed by atoms with E-state index in [1.807, 2.05) is 0 Å². The minimum atomic E-state index is -3.71. The lowest BCUT2D eigenvalue weighted by Crippen LogP contribution is -2.25. The maximum absolute atomic E-state index is 13.0. The summed E-state index contributed by atoms with van der Waals surface area (Å²) < 4.78 is 34.8. The fraction of sp³-hybridized carbons (Fsp3) is 0.0667. The molecule has 1 amide bonds. The van der Waals surface area contributed by atoms with E-state index in [9.17, 15) is 13.6 Å². The van der Waals surface area contributed by atoms with E-state index in [4.69, 9.17) is 23.2 Å². The highest BCUT2D eigenvalue weighted by atomic mass is 35.5. The van der Waals surface area contributed by atoms with E-state index < -0.39 is 12.2 Å². The first kappa shape index (κ1) is 15.9. The molecule has 25 heavy (non-hydrogen) atoms. The zero-order valence-electron chi connectivity index (χ0n) is 12.1. The number of hydrogen-bond donors (Lipinski definition) is 2. The van der Waals surface area contributed by atoms with Crippen molar-refractivity contribution in [1.82, 2.24) is 9.97 Å². The number of benzene rings is 2. The van der Waals surface area contributed by atoms with E-state index in [2.05, 4.69) is 24.8 Å². The maximum Gasteiger partial charge on any atom is 0.586 e. The van der Waals surface area contributed by atoms with Gasteiger partial charge in [0, 0.05) is 17.2 Å². The van der Waals surface area contributed by atoms with Crippen LogP contribution in [0, 0.1) is 0 Å². The largest absolute Gasteiger partial charge is 0.586 e. The Morgan fingerprint density at radius 2 is 1.88 bits per heavy atom. The van der Waals surface area contributed by atoms with Gasteiger partial charge < -0.3 is 14.5 Å². The molecule has 6 nitrogen and oxygen atoms in total. The average molecular weight is 386 g/mol. The second kappa shape index (κ2) is 5.47. The second-order valence-electron chi connectivity index (χ2n) is 5.15. The number of imidazole rings is 1. The minimum Gasteiger partial charge on any atom is -0.395 e. The van der Waals surface area contributed by atoms with Crippen molar-refractivity contribution in [3.63, 3.8) is 0 Å². The van der Waals surface area contributed by atoms with E-state index >= 15 is 0 Å².